The van der Waals surface area contributed by atoms with Crippen LogP contribution in [0.1, 0.15) is 18.4 Å². The van der Waals surface area contributed by atoms with Crippen LogP contribution in [0.2, 0.25) is 0 Å². The number of hydrogen-bond acceptors (Lipinski definition) is 8. The molecule has 0 atom stereocenters. The van der Waals surface area contributed by atoms with Crippen molar-refractivity contribution in [2.75, 3.05) is 42.6 Å². The first-order valence-electron chi connectivity index (χ1n) is 11.5. The predicted molar refractivity (Wildman–Crippen MR) is 130 cm³/mol. The van der Waals surface area contributed by atoms with E-state index in [4.69, 9.17) is 9.47 Å². The molecule has 3 aliphatic rings. The van der Waals surface area contributed by atoms with E-state index in [-0.39, 0.29) is 12.7 Å². The van der Waals surface area contributed by atoms with Crippen molar-refractivity contribution in [3.63, 3.8) is 0 Å². The Morgan fingerprint density at radius 1 is 0.941 bits per heavy atom. The average molecular weight is 476 g/mol. The van der Waals surface area contributed by atoms with Crippen LogP contribution in [0.3, 0.4) is 0 Å². The SMILES string of the molecule is O=C(N1CCN(c2ccc(SNc3ncccn3)cc2)CC1)C1(c2ccc3c(c2)OCO3)CC1. The first kappa shape index (κ1) is 21.1. The number of amides is 1. The molecular formula is C25H25N5O3S. The van der Waals surface area contributed by atoms with Gasteiger partial charge < -0.3 is 19.3 Å². The molecule has 9 heteroatoms. The van der Waals surface area contributed by atoms with Crippen molar-refractivity contribution in [2.24, 2.45) is 0 Å². The molecule has 3 aromatic rings. The zero-order chi connectivity index (χ0) is 23.0. The van der Waals surface area contributed by atoms with E-state index in [1.54, 1.807) is 18.5 Å². The summed E-state index contributed by atoms with van der Waals surface area (Å²) in [4.78, 5) is 27.3. The Kier molecular flexibility index (Phi) is 5.41. The molecule has 3 heterocycles. The number of nitrogens with one attached hydrogen (secondary N) is 1. The summed E-state index contributed by atoms with van der Waals surface area (Å²) < 4.78 is 14.1. The van der Waals surface area contributed by atoms with Crippen LogP contribution in [0.5, 0.6) is 11.5 Å². The molecule has 1 saturated carbocycles. The number of benzene rings is 2. The predicted octanol–water partition coefficient (Wildman–Crippen LogP) is 3.70. The summed E-state index contributed by atoms with van der Waals surface area (Å²) in [5.74, 6) is 2.34. The molecule has 0 radical (unpaired) electrons. The Morgan fingerprint density at radius 2 is 1.68 bits per heavy atom. The molecule has 1 aromatic heterocycles. The second-order valence-corrected chi connectivity index (χ2v) is 9.58. The van der Waals surface area contributed by atoms with Crippen LogP contribution in [0, 0.1) is 0 Å². The molecule has 1 aliphatic carbocycles. The topological polar surface area (TPSA) is 79.8 Å². The summed E-state index contributed by atoms with van der Waals surface area (Å²) in [6.45, 7) is 3.36. The molecule has 2 fully saturated rings. The molecule has 1 saturated heterocycles. The molecule has 0 unspecified atom stereocenters. The number of hydrogen-bond donors (Lipinski definition) is 1. The lowest BCUT2D eigenvalue weighted by molar-refractivity contribution is -0.134. The van der Waals surface area contributed by atoms with Gasteiger partial charge in [-0.05, 0) is 72.8 Å². The number of ether oxygens (including phenoxy) is 2. The maximum Gasteiger partial charge on any atom is 0.233 e. The highest BCUT2D eigenvalue weighted by Crippen LogP contribution is 2.51. The van der Waals surface area contributed by atoms with Gasteiger partial charge in [0.25, 0.3) is 0 Å². The number of piperazine rings is 1. The van der Waals surface area contributed by atoms with Crippen molar-refractivity contribution in [1.29, 1.82) is 0 Å². The number of anilines is 2. The van der Waals surface area contributed by atoms with Gasteiger partial charge in [0.1, 0.15) is 0 Å². The number of carbonyl (C=O) groups excluding carboxylic acids is 1. The van der Waals surface area contributed by atoms with Crippen LogP contribution in [0.25, 0.3) is 0 Å². The quantitative estimate of drug-likeness (QED) is 0.541. The fourth-order valence-corrected chi connectivity index (χ4v) is 5.18. The highest BCUT2D eigenvalue weighted by atomic mass is 32.2. The van der Waals surface area contributed by atoms with E-state index >= 15 is 0 Å². The fourth-order valence-electron chi connectivity index (χ4n) is 4.60. The third-order valence-electron chi connectivity index (χ3n) is 6.68. The van der Waals surface area contributed by atoms with Crippen LogP contribution in [0.4, 0.5) is 11.6 Å². The smallest absolute Gasteiger partial charge is 0.233 e. The van der Waals surface area contributed by atoms with Gasteiger partial charge in [-0.25, -0.2) is 9.97 Å². The average Bonchev–Trinajstić information content (AvgIpc) is 3.58. The number of fused-ring (bicyclic) bond motifs is 1. The second kappa shape index (κ2) is 8.72. The highest BCUT2D eigenvalue weighted by molar-refractivity contribution is 8.00. The molecule has 2 aliphatic heterocycles. The van der Waals surface area contributed by atoms with Gasteiger partial charge in [-0.15, -0.1) is 0 Å². The van der Waals surface area contributed by atoms with Crippen molar-refractivity contribution in [3.05, 3.63) is 66.5 Å². The van der Waals surface area contributed by atoms with E-state index in [2.05, 4.69) is 43.9 Å². The van der Waals surface area contributed by atoms with E-state index < -0.39 is 5.41 Å². The Morgan fingerprint density at radius 3 is 2.41 bits per heavy atom. The van der Waals surface area contributed by atoms with Crippen LogP contribution >= 0.6 is 11.9 Å². The second-order valence-electron chi connectivity index (χ2n) is 8.70. The molecule has 8 nitrogen and oxygen atoms in total. The summed E-state index contributed by atoms with van der Waals surface area (Å²) in [5, 5.41) is 0. The standard InChI is InChI=1S/C25H25N5O3S/c31-23(25(8-9-25)18-2-7-21-22(16-18)33-17-32-21)30-14-12-29(13-15-30)19-3-5-20(6-4-19)34-28-24-26-10-1-11-27-24/h1-7,10-11,16H,8-9,12-15,17H2,(H,26,27,28). The van der Waals surface area contributed by atoms with Crippen molar-refractivity contribution in [1.82, 2.24) is 14.9 Å². The summed E-state index contributed by atoms with van der Waals surface area (Å²) in [6.07, 6.45) is 5.22. The van der Waals surface area contributed by atoms with E-state index in [9.17, 15) is 4.79 Å². The van der Waals surface area contributed by atoms with Gasteiger partial charge in [-0.2, -0.15) is 0 Å². The Bertz CT molecular complexity index is 1180. The summed E-state index contributed by atoms with van der Waals surface area (Å²) in [6, 6.07) is 16.2. The first-order chi connectivity index (χ1) is 16.7. The lowest BCUT2D eigenvalue weighted by Gasteiger charge is -2.38. The summed E-state index contributed by atoms with van der Waals surface area (Å²) in [5.41, 5.74) is 1.83. The maximum atomic E-state index is 13.5. The third-order valence-corrected chi connectivity index (χ3v) is 7.47. The largest absolute Gasteiger partial charge is 0.454 e. The van der Waals surface area contributed by atoms with Crippen molar-refractivity contribution in [3.8, 4) is 11.5 Å². The molecule has 0 spiro atoms. The molecule has 174 valence electrons. The van der Waals surface area contributed by atoms with Gasteiger partial charge in [0.15, 0.2) is 11.5 Å². The number of aromatic nitrogens is 2. The normalized spacial score (nSPS) is 18.0. The fraction of sp³-hybridized carbons (Fsp3) is 0.320. The molecule has 1 amide bonds. The van der Waals surface area contributed by atoms with Gasteiger partial charge in [-0.3, -0.25) is 9.52 Å². The van der Waals surface area contributed by atoms with Crippen LogP contribution < -0.4 is 19.1 Å². The van der Waals surface area contributed by atoms with E-state index in [1.807, 2.05) is 23.1 Å². The van der Waals surface area contributed by atoms with E-state index in [0.717, 1.165) is 61.0 Å². The maximum absolute atomic E-state index is 13.5. The minimum absolute atomic E-state index is 0.243. The van der Waals surface area contributed by atoms with Gasteiger partial charge in [0, 0.05) is 49.2 Å². The first-order valence-corrected chi connectivity index (χ1v) is 12.3. The molecule has 1 N–H and O–H groups in total. The number of rotatable bonds is 6. The minimum Gasteiger partial charge on any atom is -0.454 e. The van der Waals surface area contributed by atoms with Crippen molar-refractivity contribution >= 4 is 29.5 Å². The highest BCUT2D eigenvalue weighted by Gasteiger charge is 2.53. The lowest BCUT2D eigenvalue weighted by atomic mass is 9.93. The summed E-state index contributed by atoms with van der Waals surface area (Å²) >= 11 is 1.48. The third kappa shape index (κ3) is 4.00. The number of nitrogens with zero attached hydrogens (tertiary/aromatic N) is 4. The van der Waals surface area contributed by atoms with Gasteiger partial charge >= 0.3 is 0 Å². The van der Waals surface area contributed by atoms with Crippen molar-refractivity contribution in [2.45, 2.75) is 23.2 Å². The Balaban J connectivity index is 1.05. The van der Waals surface area contributed by atoms with Crippen molar-refractivity contribution < 1.29 is 14.3 Å². The van der Waals surface area contributed by atoms with Gasteiger partial charge in [0.05, 0.1) is 5.41 Å². The van der Waals surface area contributed by atoms with E-state index in [0.29, 0.717) is 5.95 Å². The van der Waals surface area contributed by atoms with Crippen LogP contribution in [-0.4, -0.2) is 53.7 Å². The zero-order valence-corrected chi connectivity index (χ0v) is 19.5. The van der Waals surface area contributed by atoms with E-state index in [1.165, 1.54) is 17.6 Å². The molecule has 2 aromatic carbocycles. The lowest BCUT2D eigenvalue weighted by Crippen LogP contribution is -2.51. The number of carbonyl (C=O) groups is 1. The summed E-state index contributed by atoms with van der Waals surface area (Å²) in [7, 11) is 0. The monoisotopic (exact) mass is 475 g/mol. The zero-order valence-electron chi connectivity index (χ0n) is 18.6. The molecule has 0 bridgehead atoms. The Labute approximate surface area is 202 Å². The minimum atomic E-state index is -0.391. The van der Waals surface area contributed by atoms with Gasteiger partial charge in [0.2, 0.25) is 18.6 Å². The molecule has 34 heavy (non-hydrogen) atoms. The van der Waals surface area contributed by atoms with Crippen LogP contribution in [-0.2, 0) is 10.2 Å². The van der Waals surface area contributed by atoms with Crippen LogP contribution in [0.15, 0.2) is 65.8 Å². The molecule has 6 rings (SSSR count). The molecular weight excluding hydrogens is 450 g/mol. The van der Waals surface area contributed by atoms with Gasteiger partial charge in [-0.1, -0.05) is 6.07 Å². The Hall–Kier alpha value is -3.46.